The summed E-state index contributed by atoms with van der Waals surface area (Å²) >= 11 is 7.62. The molecular weight excluding hydrogens is 356 g/mol. The summed E-state index contributed by atoms with van der Waals surface area (Å²) in [5, 5.41) is 3.74. The van der Waals surface area contributed by atoms with Crippen LogP contribution in [0.15, 0.2) is 36.4 Å². The Labute approximate surface area is 156 Å². The molecule has 0 saturated carbocycles. The quantitative estimate of drug-likeness (QED) is 0.770. The predicted octanol–water partition coefficient (Wildman–Crippen LogP) is 4.17. The molecule has 3 rings (SSSR count). The first-order valence-electron chi connectivity index (χ1n) is 8.43. The number of Topliss-reactive ketones (excluding diaryl/α,β-unsaturated/α-hetero) is 1. The van der Waals surface area contributed by atoms with Crippen molar-refractivity contribution in [3.05, 3.63) is 56.7 Å². The summed E-state index contributed by atoms with van der Waals surface area (Å²) in [4.78, 5) is 27.4. The highest BCUT2D eigenvalue weighted by Crippen LogP contribution is 2.30. The number of hydrogen-bond acceptors (Lipinski definition) is 4. The number of thiophene rings is 1. The molecule has 2 aromatic rings. The number of hydrogen-bond donors (Lipinski definition) is 1. The zero-order valence-corrected chi connectivity index (χ0v) is 15.7. The van der Waals surface area contributed by atoms with Gasteiger partial charge in [0.15, 0.2) is 5.78 Å². The zero-order chi connectivity index (χ0) is 17.8. The van der Waals surface area contributed by atoms with Gasteiger partial charge in [-0.2, -0.15) is 0 Å². The van der Waals surface area contributed by atoms with Crippen LogP contribution in [0, 0.1) is 0 Å². The van der Waals surface area contributed by atoms with Crippen molar-refractivity contribution < 1.29 is 9.59 Å². The van der Waals surface area contributed by atoms with E-state index in [9.17, 15) is 9.59 Å². The molecule has 0 aliphatic carbocycles. The van der Waals surface area contributed by atoms with Gasteiger partial charge in [0.05, 0.1) is 15.8 Å². The molecule has 0 unspecified atom stereocenters. The second-order valence-corrected chi connectivity index (χ2v) is 7.70. The van der Waals surface area contributed by atoms with Crippen molar-refractivity contribution in [3.8, 4) is 0 Å². The first-order valence-corrected chi connectivity index (χ1v) is 9.63. The number of ketones is 1. The van der Waals surface area contributed by atoms with Crippen LogP contribution in [-0.4, -0.2) is 36.2 Å². The molecule has 1 aromatic carbocycles. The SMILES string of the molecule is CC(=O)c1ccc(C(=O)NC[C@@H](c2ccccc2Cl)N2CCCC2)s1. The van der Waals surface area contributed by atoms with Crippen molar-refractivity contribution in [3.63, 3.8) is 0 Å². The number of rotatable bonds is 6. The van der Waals surface area contributed by atoms with Crippen LogP contribution < -0.4 is 5.32 Å². The lowest BCUT2D eigenvalue weighted by molar-refractivity contribution is 0.0941. The second kappa shape index (κ2) is 8.13. The summed E-state index contributed by atoms with van der Waals surface area (Å²) in [6.07, 6.45) is 2.34. The number of amides is 1. The van der Waals surface area contributed by atoms with Gasteiger partial charge in [0.1, 0.15) is 0 Å². The molecule has 0 radical (unpaired) electrons. The molecule has 2 heterocycles. The maximum atomic E-state index is 12.5. The molecule has 1 N–H and O–H groups in total. The van der Waals surface area contributed by atoms with Gasteiger partial charge in [-0.15, -0.1) is 11.3 Å². The van der Waals surface area contributed by atoms with Crippen molar-refractivity contribution in [2.75, 3.05) is 19.6 Å². The lowest BCUT2D eigenvalue weighted by Crippen LogP contribution is -2.36. The van der Waals surface area contributed by atoms with Crippen LogP contribution in [0.4, 0.5) is 0 Å². The number of carbonyl (C=O) groups excluding carboxylic acids is 2. The molecule has 1 atom stereocenters. The molecule has 1 fully saturated rings. The molecule has 25 heavy (non-hydrogen) atoms. The fourth-order valence-electron chi connectivity index (χ4n) is 3.16. The molecule has 0 bridgehead atoms. The number of halogens is 1. The Hall–Kier alpha value is -1.69. The van der Waals surface area contributed by atoms with Crippen LogP contribution in [0.5, 0.6) is 0 Å². The lowest BCUT2D eigenvalue weighted by Gasteiger charge is -2.28. The third kappa shape index (κ3) is 4.29. The number of benzene rings is 1. The summed E-state index contributed by atoms with van der Waals surface area (Å²) in [5.41, 5.74) is 1.04. The van der Waals surface area contributed by atoms with E-state index < -0.39 is 0 Å². The molecule has 1 aromatic heterocycles. The van der Waals surface area contributed by atoms with Crippen LogP contribution >= 0.6 is 22.9 Å². The molecule has 1 aliphatic rings. The Kier molecular flexibility index (Phi) is 5.89. The highest BCUT2D eigenvalue weighted by Gasteiger charge is 2.25. The molecule has 1 aliphatic heterocycles. The van der Waals surface area contributed by atoms with Gasteiger partial charge in [-0.3, -0.25) is 14.5 Å². The van der Waals surface area contributed by atoms with E-state index in [4.69, 9.17) is 11.6 Å². The first kappa shape index (κ1) is 18.1. The molecule has 4 nitrogen and oxygen atoms in total. The second-order valence-electron chi connectivity index (χ2n) is 6.21. The smallest absolute Gasteiger partial charge is 0.261 e. The molecule has 6 heteroatoms. The summed E-state index contributed by atoms with van der Waals surface area (Å²) in [5.74, 6) is -0.163. The van der Waals surface area contributed by atoms with Gasteiger partial charge in [0.25, 0.3) is 5.91 Å². The van der Waals surface area contributed by atoms with Crippen LogP contribution in [0.2, 0.25) is 5.02 Å². The summed E-state index contributed by atoms with van der Waals surface area (Å²) in [6, 6.07) is 11.3. The van der Waals surface area contributed by atoms with Crippen molar-refractivity contribution in [2.45, 2.75) is 25.8 Å². The number of carbonyl (C=O) groups is 2. The maximum Gasteiger partial charge on any atom is 0.261 e. The van der Waals surface area contributed by atoms with E-state index in [1.807, 2.05) is 24.3 Å². The highest BCUT2D eigenvalue weighted by molar-refractivity contribution is 7.15. The topological polar surface area (TPSA) is 49.4 Å². The van der Waals surface area contributed by atoms with Gasteiger partial charge in [-0.1, -0.05) is 29.8 Å². The molecule has 132 valence electrons. The minimum absolute atomic E-state index is 0.0185. The van der Waals surface area contributed by atoms with E-state index in [1.54, 1.807) is 12.1 Å². The number of likely N-dealkylation sites (tertiary alicyclic amines) is 1. The van der Waals surface area contributed by atoms with Crippen LogP contribution in [0.1, 0.15) is 50.7 Å². The Morgan fingerprint density at radius 3 is 2.48 bits per heavy atom. The normalized spacial score (nSPS) is 15.9. The standard InChI is InChI=1S/C19H21ClN2O2S/c1-13(23)17-8-9-18(25-17)19(24)21-12-16(22-10-4-5-11-22)14-6-2-3-7-15(14)20/h2-3,6-9,16H,4-5,10-12H2,1H3,(H,21,24)/t16-/m0/s1. The van der Waals surface area contributed by atoms with Gasteiger partial charge in [-0.25, -0.2) is 0 Å². The minimum Gasteiger partial charge on any atom is -0.349 e. The van der Waals surface area contributed by atoms with Crippen LogP contribution in [0.3, 0.4) is 0 Å². The van der Waals surface area contributed by atoms with Crippen LogP contribution in [0.25, 0.3) is 0 Å². The summed E-state index contributed by atoms with van der Waals surface area (Å²) < 4.78 is 0. The Morgan fingerprint density at radius 1 is 1.16 bits per heavy atom. The molecule has 1 amide bonds. The summed E-state index contributed by atoms with van der Waals surface area (Å²) in [7, 11) is 0. The van der Waals surface area contributed by atoms with Crippen molar-refractivity contribution in [1.29, 1.82) is 0 Å². The fraction of sp³-hybridized carbons (Fsp3) is 0.368. The Morgan fingerprint density at radius 2 is 1.84 bits per heavy atom. The van der Waals surface area contributed by atoms with E-state index in [0.717, 1.165) is 23.7 Å². The molecule has 1 saturated heterocycles. The van der Waals surface area contributed by atoms with Crippen molar-refractivity contribution in [1.82, 2.24) is 10.2 Å². The van der Waals surface area contributed by atoms with Gasteiger partial charge in [0, 0.05) is 11.6 Å². The lowest BCUT2D eigenvalue weighted by atomic mass is 10.1. The monoisotopic (exact) mass is 376 g/mol. The van der Waals surface area contributed by atoms with E-state index in [2.05, 4.69) is 10.2 Å². The largest absolute Gasteiger partial charge is 0.349 e. The summed E-state index contributed by atoms with van der Waals surface area (Å²) in [6.45, 7) is 4.03. The van der Waals surface area contributed by atoms with Gasteiger partial charge < -0.3 is 5.32 Å². The Balaban J connectivity index is 1.73. The van der Waals surface area contributed by atoms with E-state index in [0.29, 0.717) is 16.3 Å². The van der Waals surface area contributed by atoms with E-state index in [-0.39, 0.29) is 17.7 Å². The minimum atomic E-state index is -0.145. The maximum absolute atomic E-state index is 12.5. The first-order chi connectivity index (χ1) is 12.1. The van der Waals surface area contributed by atoms with E-state index in [1.165, 1.54) is 31.1 Å². The van der Waals surface area contributed by atoms with Gasteiger partial charge in [-0.05, 0) is 56.6 Å². The molecule has 0 spiro atoms. The predicted molar refractivity (Wildman–Crippen MR) is 102 cm³/mol. The fourth-order valence-corrected chi connectivity index (χ4v) is 4.24. The number of nitrogens with zero attached hydrogens (tertiary/aromatic N) is 1. The highest BCUT2D eigenvalue weighted by atomic mass is 35.5. The number of nitrogens with one attached hydrogen (secondary N) is 1. The third-order valence-corrected chi connectivity index (χ3v) is 6.01. The average Bonchev–Trinajstić information content (AvgIpc) is 3.28. The van der Waals surface area contributed by atoms with Crippen molar-refractivity contribution in [2.24, 2.45) is 0 Å². The zero-order valence-electron chi connectivity index (χ0n) is 14.1. The van der Waals surface area contributed by atoms with Gasteiger partial charge >= 0.3 is 0 Å². The van der Waals surface area contributed by atoms with E-state index >= 15 is 0 Å². The molecular formula is C19H21ClN2O2S. The average molecular weight is 377 g/mol. The third-order valence-electron chi connectivity index (χ3n) is 4.48. The Bertz CT molecular complexity index is 768. The van der Waals surface area contributed by atoms with Gasteiger partial charge in [0.2, 0.25) is 0 Å². The van der Waals surface area contributed by atoms with Crippen molar-refractivity contribution >= 4 is 34.6 Å². The van der Waals surface area contributed by atoms with Crippen LogP contribution in [-0.2, 0) is 0 Å².